The lowest BCUT2D eigenvalue weighted by molar-refractivity contribution is -0.160. The molecule has 5 aliphatic rings. The highest BCUT2D eigenvalue weighted by atomic mass is 16.5. The Labute approximate surface area is 212 Å². The summed E-state index contributed by atoms with van der Waals surface area (Å²) in [5.41, 5.74) is 5.92. The van der Waals surface area contributed by atoms with Gasteiger partial charge in [0.25, 0.3) is 0 Å². The molecule has 190 valence electrons. The van der Waals surface area contributed by atoms with Gasteiger partial charge < -0.3 is 9.73 Å². The lowest BCUT2D eigenvalue weighted by Crippen LogP contribution is -2.61. The van der Waals surface area contributed by atoms with Crippen LogP contribution in [0.15, 0.2) is 51.3 Å². The number of ketones is 1. The van der Waals surface area contributed by atoms with Gasteiger partial charge in [0.05, 0.1) is 6.61 Å². The first-order valence-electron chi connectivity index (χ1n) is 13.8. The highest BCUT2D eigenvalue weighted by Crippen LogP contribution is 2.75. The maximum absolute atomic E-state index is 13.1. The van der Waals surface area contributed by atoms with Crippen molar-refractivity contribution in [2.24, 2.45) is 38.0 Å². The lowest BCUT2D eigenvalue weighted by atomic mass is 9.34. The first kappa shape index (κ1) is 24.8. The molecule has 6 atom stereocenters. The van der Waals surface area contributed by atoms with Gasteiger partial charge in [0.1, 0.15) is 0 Å². The summed E-state index contributed by atoms with van der Waals surface area (Å²) in [7, 11) is 0. The third kappa shape index (κ3) is 3.22. The summed E-state index contributed by atoms with van der Waals surface area (Å²) in [6.07, 6.45) is 15.3. The molecule has 0 bridgehead atoms. The normalized spacial score (nSPS) is 44.7. The van der Waals surface area contributed by atoms with Crippen molar-refractivity contribution in [3.8, 4) is 0 Å². The second-order valence-corrected chi connectivity index (χ2v) is 13.7. The molecule has 5 aliphatic carbocycles. The van der Waals surface area contributed by atoms with Crippen molar-refractivity contribution >= 4 is 12.5 Å². The Bertz CT molecular complexity index is 1110. The monoisotopic (exact) mass is 475 g/mol. The van der Waals surface area contributed by atoms with E-state index in [9.17, 15) is 4.79 Å². The summed E-state index contributed by atoms with van der Waals surface area (Å²) >= 11 is 0. The molecule has 0 spiro atoms. The van der Waals surface area contributed by atoms with Crippen molar-refractivity contribution in [2.45, 2.75) is 93.4 Å². The van der Waals surface area contributed by atoms with Crippen molar-refractivity contribution < 1.29 is 9.53 Å². The van der Waals surface area contributed by atoms with Crippen LogP contribution in [0.25, 0.3) is 0 Å². The number of aliphatic imine (C=N–C) groups is 1. The molecule has 0 N–H and O–H groups in total. The van der Waals surface area contributed by atoms with Crippen LogP contribution in [-0.2, 0) is 9.53 Å². The third-order valence-corrected chi connectivity index (χ3v) is 11.7. The molecule has 5 rings (SSSR count). The minimum atomic E-state index is -0.0958. The maximum Gasteiger partial charge on any atom is 0.220 e. The van der Waals surface area contributed by atoms with Crippen molar-refractivity contribution in [1.82, 2.24) is 0 Å². The van der Waals surface area contributed by atoms with Crippen LogP contribution in [0, 0.1) is 33.0 Å². The number of nitrogens with zero attached hydrogens (tertiary/aromatic N) is 1. The van der Waals surface area contributed by atoms with Gasteiger partial charge in [-0.25, -0.2) is 0 Å². The van der Waals surface area contributed by atoms with Crippen molar-refractivity contribution in [1.29, 1.82) is 0 Å². The average Bonchev–Trinajstić information content (AvgIpc) is 2.80. The van der Waals surface area contributed by atoms with E-state index in [1.807, 2.05) is 13.0 Å². The number of hydrogen-bond acceptors (Lipinski definition) is 3. The summed E-state index contributed by atoms with van der Waals surface area (Å²) in [4.78, 5) is 17.5. The highest BCUT2D eigenvalue weighted by Gasteiger charge is 2.66. The van der Waals surface area contributed by atoms with Crippen molar-refractivity contribution in [2.75, 3.05) is 13.2 Å². The van der Waals surface area contributed by atoms with E-state index in [1.165, 1.54) is 49.7 Å². The molecule has 3 saturated carbocycles. The molecule has 0 aromatic rings. The summed E-state index contributed by atoms with van der Waals surface area (Å²) in [6.45, 7) is 21.9. The van der Waals surface area contributed by atoms with Crippen LogP contribution in [0.4, 0.5) is 0 Å². The van der Waals surface area contributed by atoms with E-state index in [0.717, 1.165) is 18.5 Å². The molecule has 35 heavy (non-hydrogen) atoms. The topological polar surface area (TPSA) is 38.7 Å². The largest absolute Gasteiger partial charge is 0.489 e. The van der Waals surface area contributed by atoms with E-state index >= 15 is 0 Å². The number of fused-ring (bicyclic) bond motifs is 7. The van der Waals surface area contributed by atoms with Crippen LogP contribution in [0.2, 0.25) is 0 Å². The molecular formula is C32H45NO2. The number of rotatable bonds is 4. The molecule has 0 aromatic carbocycles. The third-order valence-electron chi connectivity index (χ3n) is 11.7. The molecule has 0 aromatic heterocycles. The molecule has 0 heterocycles. The van der Waals surface area contributed by atoms with E-state index in [2.05, 4.69) is 65.4 Å². The molecule has 0 aliphatic heterocycles. The Kier molecular flexibility index (Phi) is 5.52. The SMILES string of the molecule is C=NC[C@]1(C)CC[C@]2(C)CC[C@]3(C)C4=CC=C5C(=CC(=O)C(OCC)=C5C)[C@]4(C)CC[C@@]3(C)[C@@H]2C1. The van der Waals surface area contributed by atoms with Gasteiger partial charge in [0.15, 0.2) is 5.76 Å². The number of allylic oxidation sites excluding steroid dienone is 7. The smallest absolute Gasteiger partial charge is 0.220 e. The highest BCUT2D eigenvalue weighted by molar-refractivity contribution is 6.07. The van der Waals surface area contributed by atoms with E-state index in [-0.39, 0.29) is 27.4 Å². The minimum Gasteiger partial charge on any atom is -0.489 e. The van der Waals surface area contributed by atoms with Gasteiger partial charge in [-0.1, -0.05) is 52.3 Å². The number of ether oxygens (including phenoxy) is 1. The molecule has 0 unspecified atom stereocenters. The van der Waals surface area contributed by atoms with E-state index in [0.29, 0.717) is 23.7 Å². The Morgan fingerprint density at radius 2 is 1.74 bits per heavy atom. The average molecular weight is 476 g/mol. The minimum absolute atomic E-state index is 0.0358. The fourth-order valence-electron chi connectivity index (χ4n) is 9.25. The molecule has 0 radical (unpaired) electrons. The van der Waals surface area contributed by atoms with Crippen molar-refractivity contribution in [3.63, 3.8) is 0 Å². The summed E-state index contributed by atoms with van der Waals surface area (Å²) in [6, 6.07) is 0. The van der Waals surface area contributed by atoms with Gasteiger partial charge in [0.2, 0.25) is 5.78 Å². The van der Waals surface area contributed by atoms with Gasteiger partial charge in [-0.05, 0) is 110 Å². The van der Waals surface area contributed by atoms with Gasteiger partial charge in [0, 0.05) is 17.5 Å². The van der Waals surface area contributed by atoms with E-state index in [1.54, 1.807) is 5.57 Å². The van der Waals surface area contributed by atoms with Crippen LogP contribution in [-0.4, -0.2) is 25.7 Å². The predicted molar refractivity (Wildman–Crippen MR) is 144 cm³/mol. The first-order valence-corrected chi connectivity index (χ1v) is 13.8. The van der Waals surface area contributed by atoms with Crippen molar-refractivity contribution in [3.05, 3.63) is 46.3 Å². The molecular weight excluding hydrogens is 430 g/mol. The zero-order valence-electron chi connectivity index (χ0n) is 23.1. The molecule has 0 amide bonds. The van der Waals surface area contributed by atoms with E-state index < -0.39 is 0 Å². The van der Waals surface area contributed by atoms with Crippen LogP contribution in [0.5, 0.6) is 0 Å². The number of carbonyl (C=O) groups excluding carboxylic acids is 1. The Morgan fingerprint density at radius 3 is 2.43 bits per heavy atom. The molecule has 3 heteroatoms. The maximum atomic E-state index is 13.1. The van der Waals surface area contributed by atoms with Crippen LogP contribution in [0.3, 0.4) is 0 Å². The standard InChI is InChI=1S/C32H45NO2/c1-9-35-27-21(2)22-10-11-25-30(5,23(22)18-24(27)34)15-17-32(7)26-19-28(3,20-33-8)12-13-29(26,4)14-16-31(25,32)6/h10-11,18,26H,8-9,12-17,19-20H2,1-7H3/t26-,28-,29-,30+,31-,32+/m1/s1. The molecule has 3 fully saturated rings. The fourth-order valence-corrected chi connectivity index (χ4v) is 9.25. The van der Waals surface area contributed by atoms with E-state index in [4.69, 9.17) is 4.74 Å². The zero-order chi connectivity index (χ0) is 25.4. The quantitative estimate of drug-likeness (QED) is 0.389. The Morgan fingerprint density at radius 1 is 1.03 bits per heavy atom. The molecule has 3 nitrogen and oxygen atoms in total. The summed E-state index contributed by atoms with van der Waals surface area (Å²) in [5.74, 6) is 1.24. The lowest BCUT2D eigenvalue weighted by Gasteiger charge is -2.70. The van der Waals surface area contributed by atoms with Gasteiger partial charge in [-0.2, -0.15) is 0 Å². The van der Waals surface area contributed by atoms with Gasteiger partial charge >= 0.3 is 0 Å². The first-order chi connectivity index (χ1) is 16.4. The second kappa shape index (κ2) is 7.80. The predicted octanol–water partition coefficient (Wildman–Crippen LogP) is 7.79. The van der Waals surface area contributed by atoms with Crippen LogP contribution in [0.1, 0.15) is 93.4 Å². The second-order valence-electron chi connectivity index (χ2n) is 13.7. The summed E-state index contributed by atoms with van der Waals surface area (Å²) in [5, 5.41) is 0. The number of hydrogen-bond donors (Lipinski definition) is 0. The Balaban J connectivity index is 1.61. The summed E-state index contributed by atoms with van der Waals surface area (Å²) < 4.78 is 5.77. The zero-order valence-corrected chi connectivity index (χ0v) is 23.1. The van der Waals surface area contributed by atoms with Gasteiger partial charge in [-0.3, -0.25) is 4.79 Å². The molecule has 0 saturated heterocycles. The van der Waals surface area contributed by atoms with Gasteiger partial charge in [-0.15, -0.1) is 0 Å². The van der Waals surface area contributed by atoms with Crippen LogP contribution >= 0.6 is 0 Å². The Hall–Kier alpha value is -1.90. The fraction of sp³-hybridized carbons (Fsp3) is 0.688. The number of carbonyl (C=O) groups is 1. The van der Waals surface area contributed by atoms with Crippen LogP contribution < -0.4 is 0 Å².